The Bertz CT molecular complexity index is 335. The number of halogens is 4. The van der Waals surface area contributed by atoms with Crippen LogP contribution in [0.5, 0.6) is 0 Å². The molecule has 15 heavy (non-hydrogen) atoms. The van der Waals surface area contributed by atoms with Gasteiger partial charge in [-0.05, 0) is 18.2 Å². The van der Waals surface area contributed by atoms with Crippen LogP contribution in [0.2, 0.25) is 0 Å². The second kappa shape index (κ2) is 4.37. The van der Waals surface area contributed by atoms with E-state index in [2.05, 4.69) is 5.32 Å². The number of nitrogen functional groups attached to an aromatic ring is 1. The van der Waals surface area contributed by atoms with E-state index in [-0.39, 0.29) is 17.9 Å². The first kappa shape index (κ1) is 11.6. The molecule has 0 aromatic heterocycles. The lowest BCUT2D eigenvalue weighted by Crippen LogP contribution is -2.15. The van der Waals surface area contributed by atoms with Crippen molar-refractivity contribution in [1.82, 2.24) is 0 Å². The van der Waals surface area contributed by atoms with Crippen LogP contribution in [0.3, 0.4) is 0 Å². The van der Waals surface area contributed by atoms with Gasteiger partial charge in [0.05, 0.1) is 17.8 Å². The van der Waals surface area contributed by atoms with Crippen LogP contribution in [-0.4, -0.2) is 12.7 Å². The minimum Gasteiger partial charge on any atom is -0.397 e. The van der Waals surface area contributed by atoms with Gasteiger partial charge in [0.15, 0.2) is 0 Å². The lowest BCUT2D eigenvalue weighted by Gasteiger charge is -2.10. The number of hydrogen-bond donors (Lipinski definition) is 2. The second-order valence-electron chi connectivity index (χ2n) is 3.02. The van der Waals surface area contributed by atoms with Crippen LogP contribution in [-0.2, 0) is 0 Å². The van der Waals surface area contributed by atoms with E-state index < -0.39 is 18.4 Å². The monoisotopic (exact) mass is 222 g/mol. The second-order valence-corrected chi connectivity index (χ2v) is 3.02. The molecular formula is C9H10F4N2. The predicted octanol–water partition coefficient (Wildman–Crippen LogP) is 2.77. The van der Waals surface area contributed by atoms with Crippen LogP contribution >= 0.6 is 0 Å². The summed E-state index contributed by atoms with van der Waals surface area (Å²) in [6.07, 6.45) is -5.21. The van der Waals surface area contributed by atoms with E-state index in [1.165, 1.54) is 6.07 Å². The Hall–Kier alpha value is -1.46. The fraction of sp³-hybridized carbons (Fsp3) is 0.333. The van der Waals surface area contributed by atoms with Crippen molar-refractivity contribution in [1.29, 1.82) is 0 Å². The largest absolute Gasteiger partial charge is 0.397 e. The fourth-order valence-electron chi connectivity index (χ4n) is 1.02. The van der Waals surface area contributed by atoms with Crippen molar-refractivity contribution in [3.05, 3.63) is 24.0 Å². The van der Waals surface area contributed by atoms with E-state index in [0.29, 0.717) is 0 Å². The van der Waals surface area contributed by atoms with E-state index in [1.54, 1.807) is 0 Å². The molecule has 0 heterocycles. The maximum atomic E-state index is 12.7. The molecule has 0 aliphatic carbocycles. The van der Waals surface area contributed by atoms with Crippen LogP contribution in [0, 0.1) is 5.82 Å². The summed E-state index contributed by atoms with van der Waals surface area (Å²) < 4.78 is 48.1. The van der Waals surface area contributed by atoms with Gasteiger partial charge < -0.3 is 11.1 Å². The Labute approximate surface area is 84.1 Å². The first-order chi connectivity index (χ1) is 6.88. The van der Waals surface area contributed by atoms with Gasteiger partial charge in [-0.1, -0.05) is 0 Å². The van der Waals surface area contributed by atoms with Crippen LogP contribution in [0.1, 0.15) is 6.42 Å². The molecule has 1 rings (SSSR count). The smallest absolute Gasteiger partial charge is 0.390 e. The molecule has 0 spiro atoms. The van der Waals surface area contributed by atoms with Crippen molar-refractivity contribution in [3.8, 4) is 0 Å². The van der Waals surface area contributed by atoms with Gasteiger partial charge in [0.25, 0.3) is 0 Å². The van der Waals surface area contributed by atoms with Crippen molar-refractivity contribution >= 4 is 11.4 Å². The highest BCUT2D eigenvalue weighted by Gasteiger charge is 2.26. The number of anilines is 2. The zero-order valence-electron chi connectivity index (χ0n) is 7.74. The van der Waals surface area contributed by atoms with Crippen molar-refractivity contribution in [2.24, 2.45) is 0 Å². The zero-order valence-corrected chi connectivity index (χ0v) is 7.74. The summed E-state index contributed by atoms with van der Waals surface area (Å²) in [5.41, 5.74) is 5.83. The number of nitrogens with two attached hydrogens (primary N) is 1. The normalized spacial score (nSPS) is 11.5. The van der Waals surface area contributed by atoms with Crippen molar-refractivity contribution in [2.45, 2.75) is 12.6 Å². The molecule has 84 valence electrons. The Kier molecular flexibility index (Phi) is 3.39. The summed E-state index contributed by atoms with van der Waals surface area (Å²) in [7, 11) is 0. The number of hydrogen-bond acceptors (Lipinski definition) is 2. The van der Waals surface area contributed by atoms with E-state index in [4.69, 9.17) is 5.73 Å². The van der Waals surface area contributed by atoms with Crippen LogP contribution in [0.4, 0.5) is 28.9 Å². The number of rotatable bonds is 3. The molecule has 0 unspecified atom stereocenters. The van der Waals surface area contributed by atoms with Gasteiger partial charge in [-0.3, -0.25) is 0 Å². The van der Waals surface area contributed by atoms with Crippen LogP contribution < -0.4 is 11.1 Å². The third-order valence-corrected chi connectivity index (χ3v) is 1.74. The average molecular weight is 222 g/mol. The van der Waals surface area contributed by atoms with Gasteiger partial charge in [-0.2, -0.15) is 13.2 Å². The predicted molar refractivity (Wildman–Crippen MR) is 50.0 cm³/mol. The highest BCUT2D eigenvalue weighted by Crippen LogP contribution is 2.22. The molecule has 0 radical (unpaired) electrons. The SMILES string of the molecule is Nc1ccc(F)cc1NCCC(F)(F)F. The summed E-state index contributed by atoms with van der Waals surface area (Å²) in [6, 6.07) is 3.50. The molecule has 0 saturated carbocycles. The minimum atomic E-state index is -4.23. The van der Waals surface area contributed by atoms with Gasteiger partial charge in [0.2, 0.25) is 0 Å². The number of benzene rings is 1. The number of nitrogens with one attached hydrogen (secondary N) is 1. The third kappa shape index (κ3) is 4.05. The molecule has 0 fully saturated rings. The molecule has 2 nitrogen and oxygen atoms in total. The molecule has 0 saturated heterocycles. The lowest BCUT2D eigenvalue weighted by molar-refractivity contribution is -0.131. The van der Waals surface area contributed by atoms with Crippen molar-refractivity contribution < 1.29 is 17.6 Å². The highest BCUT2D eigenvalue weighted by atomic mass is 19.4. The molecule has 0 bridgehead atoms. The van der Waals surface area contributed by atoms with Crippen LogP contribution in [0.25, 0.3) is 0 Å². The molecule has 1 aromatic rings. The Morgan fingerprint density at radius 3 is 2.53 bits per heavy atom. The summed E-state index contributed by atoms with van der Waals surface area (Å²) in [4.78, 5) is 0. The molecule has 3 N–H and O–H groups in total. The minimum absolute atomic E-state index is 0.180. The zero-order chi connectivity index (χ0) is 11.5. The van der Waals surface area contributed by atoms with Gasteiger partial charge in [-0.15, -0.1) is 0 Å². The maximum absolute atomic E-state index is 12.7. The van der Waals surface area contributed by atoms with E-state index in [9.17, 15) is 17.6 Å². The lowest BCUT2D eigenvalue weighted by atomic mass is 10.2. The Balaban J connectivity index is 2.54. The molecule has 0 aliphatic rings. The van der Waals surface area contributed by atoms with Gasteiger partial charge in [0.1, 0.15) is 5.82 Å². The van der Waals surface area contributed by atoms with Gasteiger partial charge in [0, 0.05) is 6.54 Å². The summed E-state index contributed by atoms with van der Waals surface area (Å²) in [6.45, 7) is -0.322. The maximum Gasteiger partial charge on any atom is 0.390 e. The number of alkyl halides is 3. The van der Waals surface area contributed by atoms with E-state index in [1.807, 2.05) is 0 Å². The van der Waals surface area contributed by atoms with E-state index >= 15 is 0 Å². The molecule has 6 heteroatoms. The molecule has 0 amide bonds. The molecule has 1 aromatic carbocycles. The Morgan fingerprint density at radius 2 is 1.93 bits per heavy atom. The molecule has 0 aliphatic heterocycles. The van der Waals surface area contributed by atoms with Crippen molar-refractivity contribution in [3.63, 3.8) is 0 Å². The summed E-state index contributed by atoms with van der Waals surface area (Å²) in [5, 5.41) is 2.43. The average Bonchev–Trinajstić information content (AvgIpc) is 2.09. The topological polar surface area (TPSA) is 38.0 Å². The van der Waals surface area contributed by atoms with Crippen molar-refractivity contribution in [2.75, 3.05) is 17.6 Å². The standard InChI is InChI=1S/C9H10F4N2/c10-6-1-2-7(14)8(5-6)15-4-3-9(11,12)13/h1-2,5,15H,3-4,14H2. The summed E-state index contributed by atoms with van der Waals surface area (Å²) >= 11 is 0. The first-order valence-corrected chi connectivity index (χ1v) is 4.24. The highest BCUT2D eigenvalue weighted by molar-refractivity contribution is 5.65. The molecular weight excluding hydrogens is 212 g/mol. The van der Waals surface area contributed by atoms with Gasteiger partial charge in [-0.25, -0.2) is 4.39 Å². The third-order valence-electron chi connectivity index (χ3n) is 1.74. The quantitative estimate of drug-likeness (QED) is 0.609. The van der Waals surface area contributed by atoms with Crippen LogP contribution in [0.15, 0.2) is 18.2 Å². The first-order valence-electron chi connectivity index (χ1n) is 4.24. The Morgan fingerprint density at radius 1 is 1.27 bits per heavy atom. The molecule has 0 atom stereocenters. The van der Waals surface area contributed by atoms with Gasteiger partial charge >= 0.3 is 6.18 Å². The fourth-order valence-corrected chi connectivity index (χ4v) is 1.02. The van der Waals surface area contributed by atoms with E-state index in [0.717, 1.165) is 12.1 Å². The summed E-state index contributed by atoms with van der Waals surface area (Å²) in [5.74, 6) is -0.543.